The van der Waals surface area contributed by atoms with E-state index in [0.29, 0.717) is 13.1 Å². The monoisotopic (exact) mass is 369 g/mol. The van der Waals surface area contributed by atoms with Gasteiger partial charge in [-0.15, -0.1) is 0 Å². The van der Waals surface area contributed by atoms with E-state index in [4.69, 9.17) is 5.10 Å². The van der Waals surface area contributed by atoms with Gasteiger partial charge < -0.3 is 10.2 Å². The first kappa shape index (κ1) is 17.9. The van der Waals surface area contributed by atoms with Gasteiger partial charge in [-0.25, -0.2) is 9.67 Å². The lowest BCUT2D eigenvalue weighted by molar-refractivity contribution is -0.128. The molecule has 1 aliphatic heterocycles. The highest BCUT2D eigenvalue weighted by Crippen LogP contribution is 2.31. The van der Waals surface area contributed by atoms with E-state index < -0.39 is 0 Å². The van der Waals surface area contributed by atoms with E-state index in [1.165, 1.54) is 0 Å². The molecule has 7 heteroatoms. The van der Waals surface area contributed by atoms with Gasteiger partial charge in [0.1, 0.15) is 0 Å². The summed E-state index contributed by atoms with van der Waals surface area (Å²) in [7, 11) is 0. The molecule has 2 amide bonds. The number of fused-ring (bicyclic) bond motifs is 1. The summed E-state index contributed by atoms with van der Waals surface area (Å²) in [5.74, 6) is 0.720. The zero-order valence-electron chi connectivity index (χ0n) is 15.9. The highest BCUT2D eigenvalue weighted by molar-refractivity contribution is 5.80. The Morgan fingerprint density at radius 2 is 2.07 bits per heavy atom. The fraction of sp³-hybridized carbons (Fsp3) is 0.600. The molecule has 1 saturated heterocycles. The molecule has 3 heterocycles. The van der Waals surface area contributed by atoms with Crippen LogP contribution < -0.4 is 5.32 Å². The van der Waals surface area contributed by atoms with Crippen LogP contribution in [0, 0.1) is 5.92 Å². The number of aromatic nitrogens is 3. The van der Waals surface area contributed by atoms with Gasteiger partial charge in [-0.2, -0.15) is 5.10 Å². The third-order valence-corrected chi connectivity index (χ3v) is 5.90. The summed E-state index contributed by atoms with van der Waals surface area (Å²) in [5.41, 5.74) is 1.87. The van der Waals surface area contributed by atoms with Crippen LogP contribution in [0.4, 0.5) is 0 Å². The molecule has 2 fully saturated rings. The van der Waals surface area contributed by atoms with Crippen molar-refractivity contribution < 1.29 is 9.59 Å². The average molecular weight is 369 g/mol. The maximum Gasteiger partial charge on any atom is 0.223 e. The average Bonchev–Trinajstić information content (AvgIpc) is 3.41. The number of pyridine rings is 1. The molecule has 2 aliphatic rings. The minimum absolute atomic E-state index is 0.119. The van der Waals surface area contributed by atoms with E-state index >= 15 is 0 Å². The standard InChI is InChI=1S/C20H27N5O2/c1-14(26)24-11-8-16(13-24)18-17-7-4-9-21-19(17)25(23-18)12-10-22-20(27)15-5-2-3-6-15/h4,7,9,15-16H,2-3,5-6,8,10-13H2,1H3,(H,22,27). The number of rotatable bonds is 5. The molecule has 2 aromatic rings. The van der Waals surface area contributed by atoms with Crippen molar-refractivity contribution in [3.05, 3.63) is 24.0 Å². The Balaban J connectivity index is 1.47. The van der Waals surface area contributed by atoms with Crippen LogP contribution in [0.25, 0.3) is 11.0 Å². The van der Waals surface area contributed by atoms with Crippen molar-refractivity contribution in [1.82, 2.24) is 25.0 Å². The maximum atomic E-state index is 12.2. The van der Waals surface area contributed by atoms with Crippen LogP contribution in [0.3, 0.4) is 0 Å². The zero-order valence-corrected chi connectivity index (χ0v) is 15.9. The van der Waals surface area contributed by atoms with Crippen molar-refractivity contribution in [3.63, 3.8) is 0 Å². The normalized spacial score (nSPS) is 20.5. The zero-order chi connectivity index (χ0) is 18.8. The molecule has 1 saturated carbocycles. The van der Waals surface area contributed by atoms with Crippen LogP contribution in [-0.4, -0.2) is 51.1 Å². The van der Waals surface area contributed by atoms with Gasteiger partial charge in [0, 0.05) is 50.0 Å². The molecule has 0 aromatic carbocycles. The molecule has 0 bridgehead atoms. The van der Waals surface area contributed by atoms with Crippen LogP contribution in [0.2, 0.25) is 0 Å². The molecule has 4 rings (SSSR count). The Bertz CT molecular complexity index is 840. The summed E-state index contributed by atoms with van der Waals surface area (Å²) in [4.78, 5) is 30.3. The second-order valence-electron chi connectivity index (χ2n) is 7.71. The van der Waals surface area contributed by atoms with Crippen molar-refractivity contribution in [3.8, 4) is 0 Å². The molecule has 144 valence electrons. The van der Waals surface area contributed by atoms with Gasteiger partial charge in [0.05, 0.1) is 12.2 Å². The number of hydrogen-bond acceptors (Lipinski definition) is 4. The minimum atomic E-state index is 0.119. The Morgan fingerprint density at radius 3 is 2.81 bits per heavy atom. The predicted octanol–water partition coefficient (Wildman–Crippen LogP) is 2.07. The largest absolute Gasteiger partial charge is 0.354 e. The maximum absolute atomic E-state index is 12.2. The fourth-order valence-electron chi connectivity index (χ4n) is 4.38. The molecule has 1 atom stereocenters. The molecular formula is C20H27N5O2. The molecule has 0 radical (unpaired) electrons. The third-order valence-electron chi connectivity index (χ3n) is 5.90. The Labute approximate surface area is 159 Å². The first-order chi connectivity index (χ1) is 13.1. The highest BCUT2D eigenvalue weighted by atomic mass is 16.2. The lowest BCUT2D eigenvalue weighted by Gasteiger charge is -2.13. The van der Waals surface area contributed by atoms with E-state index in [2.05, 4.69) is 16.4 Å². The summed E-state index contributed by atoms with van der Waals surface area (Å²) >= 11 is 0. The van der Waals surface area contributed by atoms with Crippen LogP contribution >= 0.6 is 0 Å². The molecule has 1 N–H and O–H groups in total. The number of nitrogens with one attached hydrogen (secondary N) is 1. The number of nitrogens with zero attached hydrogens (tertiary/aromatic N) is 4. The summed E-state index contributed by atoms with van der Waals surface area (Å²) in [5, 5.41) is 8.93. The SMILES string of the molecule is CC(=O)N1CCC(c2nn(CCNC(=O)C3CCCC3)c3ncccc23)C1. The van der Waals surface area contributed by atoms with E-state index in [1.54, 1.807) is 13.1 Å². The highest BCUT2D eigenvalue weighted by Gasteiger charge is 2.29. The van der Waals surface area contributed by atoms with Crippen LogP contribution in [-0.2, 0) is 16.1 Å². The van der Waals surface area contributed by atoms with Gasteiger partial charge in [0.2, 0.25) is 11.8 Å². The van der Waals surface area contributed by atoms with Crippen LogP contribution in [0.5, 0.6) is 0 Å². The number of likely N-dealkylation sites (tertiary alicyclic amines) is 1. The summed E-state index contributed by atoms with van der Waals surface area (Å²) in [6.45, 7) is 4.29. The Kier molecular flexibility index (Phi) is 5.09. The van der Waals surface area contributed by atoms with Crippen molar-refractivity contribution in [2.24, 2.45) is 5.92 Å². The molecule has 27 heavy (non-hydrogen) atoms. The van der Waals surface area contributed by atoms with Gasteiger partial charge in [-0.3, -0.25) is 9.59 Å². The second kappa shape index (κ2) is 7.66. The van der Waals surface area contributed by atoms with Crippen molar-refractivity contribution in [2.45, 2.75) is 51.5 Å². The van der Waals surface area contributed by atoms with Gasteiger partial charge in [-0.05, 0) is 31.4 Å². The molecule has 2 aromatic heterocycles. The predicted molar refractivity (Wildman–Crippen MR) is 102 cm³/mol. The lowest BCUT2D eigenvalue weighted by Crippen LogP contribution is -2.32. The second-order valence-corrected chi connectivity index (χ2v) is 7.71. The first-order valence-electron chi connectivity index (χ1n) is 9.98. The molecule has 7 nitrogen and oxygen atoms in total. The topological polar surface area (TPSA) is 80.1 Å². The van der Waals surface area contributed by atoms with Gasteiger partial charge in [0.15, 0.2) is 5.65 Å². The van der Waals surface area contributed by atoms with Crippen LogP contribution in [0.15, 0.2) is 18.3 Å². The number of carbonyl (C=O) groups is 2. The fourth-order valence-corrected chi connectivity index (χ4v) is 4.38. The van der Waals surface area contributed by atoms with Crippen molar-refractivity contribution >= 4 is 22.8 Å². The molecular weight excluding hydrogens is 342 g/mol. The van der Waals surface area contributed by atoms with E-state index in [0.717, 1.165) is 61.9 Å². The number of hydrogen-bond donors (Lipinski definition) is 1. The number of carbonyl (C=O) groups excluding carboxylic acids is 2. The quantitative estimate of drug-likeness (QED) is 0.875. The molecule has 1 unspecified atom stereocenters. The Hall–Kier alpha value is -2.44. The summed E-state index contributed by atoms with van der Waals surface area (Å²) < 4.78 is 1.90. The van der Waals surface area contributed by atoms with E-state index in [1.807, 2.05) is 15.6 Å². The lowest BCUT2D eigenvalue weighted by atomic mass is 10.0. The van der Waals surface area contributed by atoms with E-state index in [9.17, 15) is 9.59 Å². The van der Waals surface area contributed by atoms with Crippen molar-refractivity contribution in [1.29, 1.82) is 0 Å². The molecule has 1 aliphatic carbocycles. The van der Waals surface area contributed by atoms with Crippen LogP contribution in [0.1, 0.15) is 50.6 Å². The van der Waals surface area contributed by atoms with Gasteiger partial charge in [0.25, 0.3) is 0 Å². The van der Waals surface area contributed by atoms with Gasteiger partial charge >= 0.3 is 0 Å². The summed E-state index contributed by atoms with van der Waals surface area (Å²) in [6, 6.07) is 3.98. The van der Waals surface area contributed by atoms with E-state index in [-0.39, 0.29) is 23.7 Å². The number of amides is 2. The third kappa shape index (κ3) is 3.68. The first-order valence-corrected chi connectivity index (χ1v) is 9.98. The minimum Gasteiger partial charge on any atom is -0.354 e. The Morgan fingerprint density at radius 1 is 1.26 bits per heavy atom. The smallest absolute Gasteiger partial charge is 0.223 e. The summed E-state index contributed by atoms with van der Waals surface area (Å²) in [6.07, 6.45) is 7.05. The molecule has 0 spiro atoms. The van der Waals surface area contributed by atoms with Gasteiger partial charge in [-0.1, -0.05) is 12.8 Å². The van der Waals surface area contributed by atoms with Crippen molar-refractivity contribution in [2.75, 3.05) is 19.6 Å².